The lowest BCUT2D eigenvalue weighted by Gasteiger charge is -2.20. The summed E-state index contributed by atoms with van der Waals surface area (Å²) in [5.74, 6) is 1.46. The monoisotopic (exact) mass is 431 g/mol. The summed E-state index contributed by atoms with van der Waals surface area (Å²) in [7, 11) is 1.62. The first-order chi connectivity index (χ1) is 13.2. The van der Waals surface area contributed by atoms with E-state index in [1.54, 1.807) is 13.3 Å². The maximum Gasteiger partial charge on any atom is 0.213 e. The van der Waals surface area contributed by atoms with Gasteiger partial charge in [-0.2, -0.15) is 0 Å². The van der Waals surface area contributed by atoms with E-state index in [0.29, 0.717) is 18.5 Å². The Hall–Kier alpha value is -2.28. The standard InChI is InChI=1S/C20H26BrN5O/c1-3-22-20(24-13-15-8-10-23-19(12-15)27-2)25-17-9-11-26(14-17)18-6-4-16(21)5-7-18/h4-8,10,12,17H,3,9,11,13-14H2,1-2H3,(H2,22,24,25). The van der Waals surface area contributed by atoms with E-state index in [1.165, 1.54) is 5.69 Å². The third-order valence-electron chi connectivity index (χ3n) is 4.49. The number of benzene rings is 1. The number of guanidine groups is 1. The van der Waals surface area contributed by atoms with Crippen molar-refractivity contribution in [2.75, 3.05) is 31.6 Å². The van der Waals surface area contributed by atoms with Crippen LogP contribution in [0.25, 0.3) is 0 Å². The Kier molecular flexibility index (Phi) is 6.92. The van der Waals surface area contributed by atoms with Crippen molar-refractivity contribution < 1.29 is 4.74 Å². The quantitative estimate of drug-likeness (QED) is 0.543. The minimum absolute atomic E-state index is 0.374. The normalized spacial score (nSPS) is 17.1. The highest BCUT2D eigenvalue weighted by Gasteiger charge is 2.23. The average molecular weight is 432 g/mol. The first-order valence-electron chi connectivity index (χ1n) is 9.22. The van der Waals surface area contributed by atoms with Gasteiger partial charge in [0.2, 0.25) is 5.88 Å². The Morgan fingerprint density at radius 2 is 2.15 bits per heavy atom. The molecule has 0 spiro atoms. The number of hydrogen-bond donors (Lipinski definition) is 2. The molecule has 0 radical (unpaired) electrons. The zero-order chi connectivity index (χ0) is 19.1. The van der Waals surface area contributed by atoms with Crippen LogP contribution in [0.4, 0.5) is 5.69 Å². The molecule has 2 aromatic rings. The van der Waals surface area contributed by atoms with E-state index in [2.05, 4.69) is 67.6 Å². The van der Waals surface area contributed by atoms with Gasteiger partial charge < -0.3 is 20.3 Å². The molecule has 1 unspecified atom stereocenters. The maximum atomic E-state index is 5.18. The fraction of sp³-hybridized carbons (Fsp3) is 0.400. The molecule has 1 atom stereocenters. The number of methoxy groups -OCH3 is 1. The van der Waals surface area contributed by atoms with Crippen LogP contribution in [0.1, 0.15) is 18.9 Å². The zero-order valence-corrected chi connectivity index (χ0v) is 17.4. The number of aromatic nitrogens is 1. The van der Waals surface area contributed by atoms with E-state index in [1.807, 2.05) is 12.1 Å². The molecule has 1 aromatic heterocycles. The highest BCUT2D eigenvalue weighted by atomic mass is 79.9. The van der Waals surface area contributed by atoms with Crippen LogP contribution in [-0.2, 0) is 6.54 Å². The topological polar surface area (TPSA) is 61.8 Å². The molecule has 27 heavy (non-hydrogen) atoms. The highest BCUT2D eigenvalue weighted by molar-refractivity contribution is 9.10. The summed E-state index contributed by atoms with van der Waals surface area (Å²) in [4.78, 5) is 11.3. The molecule has 2 N–H and O–H groups in total. The van der Waals surface area contributed by atoms with Crippen LogP contribution in [0.2, 0.25) is 0 Å². The van der Waals surface area contributed by atoms with Crippen molar-refractivity contribution in [2.24, 2.45) is 4.99 Å². The third kappa shape index (κ3) is 5.60. The molecular formula is C20H26BrN5O. The van der Waals surface area contributed by atoms with Crippen molar-refractivity contribution >= 4 is 27.6 Å². The Bertz CT molecular complexity index is 765. The molecule has 1 fully saturated rings. The summed E-state index contributed by atoms with van der Waals surface area (Å²) in [5.41, 5.74) is 2.33. The van der Waals surface area contributed by atoms with Gasteiger partial charge in [-0.15, -0.1) is 0 Å². The van der Waals surface area contributed by atoms with E-state index in [9.17, 15) is 0 Å². The van der Waals surface area contributed by atoms with Crippen LogP contribution in [0, 0.1) is 0 Å². The maximum absolute atomic E-state index is 5.18. The van der Waals surface area contributed by atoms with E-state index in [0.717, 1.165) is 42.1 Å². The molecule has 3 rings (SSSR count). The van der Waals surface area contributed by atoms with Gasteiger partial charge in [0, 0.05) is 48.1 Å². The van der Waals surface area contributed by atoms with Crippen LogP contribution in [-0.4, -0.2) is 43.7 Å². The third-order valence-corrected chi connectivity index (χ3v) is 5.02. The molecule has 6 nitrogen and oxygen atoms in total. The fourth-order valence-corrected chi connectivity index (χ4v) is 3.37. The lowest BCUT2D eigenvalue weighted by Crippen LogP contribution is -2.44. The Balaban J connectivity index is 1.59. The summed E-state index contributed by atoms with van der Waals surface area (Å²) in [5, 5.41) is 6.91. The first kappa shape index (κ1) is 19.5. The second-order valence-electron chi connectivity index (χ2n) is 6.45. The number of ether oxygens (including phenoxy) is 1. The van der Waals surface area contributed by atoms with Crippen molar-refractivity contribution in [1.82, 2.24) is 15.6 Å². The van der Waals surface area contributed by atoms with E-state index in [-0.39, 0.29) is 0 Å². The molecule has 2 heterocycles. The van der Waals surface area contributed by atoms with Crippen LogP contribution in [0.3, 0.4) is 0 Å². The predicted octanol–water partition coefficient (Wildman–Crippen LogP) is 3.19. The molecule has 144 valence electrons. The van der Waals surface area contributed by atoms with Gasteiger partial charge in [0.25, 0.3) is 0 Å². The van der Waals surface area contributed by atoms with Crippen molar-refractivity contribution in [1.29, 1.82) is 0 Å². The van der Waals surface area contributed by atoms with Gasteiger partial charge in [-0.3, -0.25) is 0 Å². The summed E-state index contributed by atoms with van der Waals surface area (Å²) in [6.07, 6.45) is 2.83. The summed E-state index contributed by atoms with van der Waals surface area (Å²) in [6.45, 7) is 5.50. The minimum Gasteiger partial charge on any atom is -0.481 e. The fourth-order valence-electron chi connectivity index (χ4n) is 3.11. The molecule has 1 aliphatic rings. The largest absolute Gasteiger partial charge is 0.481 e. The molecular weight excluding hydrogens is 406 g/mol. The smallest absolute Gasteiger partial charge is 0.213 e. The highest BCUT2D eigenvalue weighted by Crippen LogP contribution is 2.22. The van der Waals surface area contributed by atoms with Gasteiger partial charge >= 0.3 is 0 Å². The predicted molar refractivity (Wildman–Crippen MR) is 114 cm³/mol. The van der Waals surface area contributed by atoms with Crippen LogP contribution < -0.4 is 20.3 Å². The SMILES string of the molecule is CCNC(=NCc1ccnc(OC)c1)NC1CCN(c2ccc(Br)cc2)C1. The summed E-state index contributed by atoms with van der Waals surface area (Å²) in [6, 6.07) is 12.7. The second kappa shape index (κ2) is 9.60. The molecule has 0 bridgehead atoms. The molecule has 0 aliphatic carbocycles. The van der Waals surface area contributed by atoms with Gasteiger partial charge in [0.1, 0.15) is 0 Å². The van der Waals surface area contributed by atoms with Gasteiger partial charge in [-0.25, -0.2) is 9.98 Å². The molecule has 0 amide bonds. The average Bonchev–Trinajstić information content (AvgIpc) is 3.15. The summed E-state index contributed by atoms with van der Waals surface area (Å²) < 4.78 is 6.28. The molecule has 1 aliphatic heterocycles. The van der Waals surface area contributed by atoms with Gasteiger partial charge in [-0.05, 0) is 49.2 Å². The molecule has 1 aromatic carbocycles. The number of rotatable bonds is 6. The van der Waals surface area contributed by atoms with Crippen LogP contribution >= 0.6 is 15.9 Å². The van der Waals surface area contributed by atoms with Crippen molar-refractivity contribution in [2.45, 2.75) is 25.9 Å². The number of nitrogens with one attached hydrogen (secondary N) is 2. The number of nitrogens with zero attached hydrogens (tertiary/aromatic N) is 3. The number of pyridine rings is 1. The molecule has 1 saturated heterocycles. The summed E-state index contributed by atoms with van der Waals surface area (Å²) >= 11 is 3.49. The Labute approximate surface area is 169 Å². The lowest BCUT2D eigenvalue weighted by atomic mass is 10.2. The van der Waals surface area contributed by atoms with Crippen molar-refractivity contribution in [3.63, 3.8) is 0 Å². The lowest BCUT2D eigenvalue weighted by molar-refractivity contribution is 0.397. The molecule has 0 saturated carbocycles. The number of aliphatic imine (C=N–C) groups is 1. The van der Waals surface area contributed by atoms with Gasteiger partial charge in [0.05, 0.1) is 13.7 Å². The number of hydrogen-bond acceptors (Lipinski definition) is 4. The van der Waals surface area contributed by atoms with Crippen molar-refractivity contribution in [3.8, 4) is 5.88 Å². The Morgan fingerprint density at radius 3 is 2.89 bits per heavy atom. The number of anilines is 1. The molecule has 7 heteroatoms. The van der Waals surface area contributed by atoms with Crippen LogP contribution in [0.5, 0.6) is 5.88 Å². The van der Waals surface area contributed by atoms with E-state index < -0.39 is 0 Å². The van der Waals surface area contributed by atoms with Crippen LogP contribution in [0.15, 0.2) is 52.1 Å². The zero-order valence-electron chi connectivity index (χ0n) is 15.8. The van der Waals surface area contributed by atoms with Gasteiger partial charge in [0.15, 0.2) is 5.96 Å². The first-order valence-corrected chi connectivity index (χ1v) is 10.0. The van der Waals surface area contributed by atoms with Crippen molar-refractivity contribution in [3.05, 3.63) is 52.6 Å². The Morgan fingerprint density at radius 1 is 1.33 bits per heavy atom. The number of halogens is 1. The van der Waals surface area contributed by atoms with E-state index >= 15 is 0 Å². The minimum atomic E-state index is 0.374. The van der Waals surface area contributed by atoms with E-state index in [4.69, 9.17) is 9.73 Å². The second-order valence-corrected chi connectivity index (χ2v) is 7.37. The van der Waals surface area contributed by atoms with Gasteiger partial charge in [-0.1, -0.05) is 15.9 Å².